The third-order valence-corrected chi connectivity index (χ3v) is 2.79. The van der Waals surface area contributed by atoms with Gasteiger partial charge in [-0.1, -0.05) is 12.2 Å². The van der Waals surface area contributed by atoms with Crippen LogP contribution in [0.25, 0.3) is 0 Å². The zero-order valence-electron chi connectivity index (χ0n) is 13.5. The van der Waals surface area contributed by atoms with Crippen molar-refractivity contribution in [2.24, 2.45) is 4.99 Å². The highest BCUT2D eigenvalue weighted by molar-refractivity contribution is 14.0. The van der Waals surface area contributed by atoms with Crippen LogP contribution in [0.15, 0.2) is 41.4 Å². The van der Waals surface area contributed by atoms with E-state index in [1.165, 1.54) is 0 Å². The molecular weight excluding hydrogens is 393 g/mol. The molecule has 5 nitrogen and oxygen atoms in total. The molecule has 1 aromatic carbocycles. The Morgan fingerprint density at radius 1 is 1.14 bits per heavy atom. The molecule has 0 radical (unpaired) electrons. The second kappa shape index (κ2) is 13.2. The van der Waals surface area contributed by atoms with E-state index < -0.39 is 0 Å². The Morgan fingerprint density at radius 2 is 1.77 bits per heavy atom. The standard InChI is InChI=1S/C16H25N3O2.HI/c1-4-5-6-11-18-16(17-2)19-12-13-21-15-9-7-14(20-3)8-10-15;/h4-5,7-10H,6,11-13H2,1-3H3,(H2,17,18,19);1H. The molecule has 0 saturated heterocycles. The molecule has 0 unspecified atom stereocenters. The van der Waals surface area contributed by atoms with Crippen LogP contribution in [-0.2, 0) is 0 Å². The maximum atomic E-state index is 5.63. The first kappa shape index (κ1) is 20.6. The van der Waals surface area contributed by atoms with Crippen LogP contribution < -0.4 is 20.1 Å². The van der Waals surface area contributed by atoms with Crippen molar-refractivity contribution in [2.45, 2.75) is 13.3 Å². The predicted octanol–water partition coefficient (Wildman–Crippen LogP) is 2.82. The molecule has 0 atom stereocenters. The van der Waals surface area contributed by atoms with E-state index in [2.05, 4.69) is 21.7 Å². The van der Waals surface area contributed by atoms with Crippen LogP contribution in [0.3, 0.4) is 0 Å². The summed E-state index contributed by atoms with van der Waals surface area (Å²) < 4.78 is 10.7. The highest BCUT2D eigenvalue weighted by Gasteiger charge is 1.97. The first-order valence-electron chi connectivity index (χ1n) is 7.12. The number of nitrogens with zero attached hydrogens (tertiary/aromatic N) is 1. The number of hydrogen-bond donors (Lipinski definition) is 2. The van der Waals surface area contributed by atoms with E-state index in [0.717, 1.165) is 30.4 Å². The van der Waals surface area contributed by atoms with Gasteiger partial charge in [0.15, 0.2) is 5.96 Å². The molecule has 2 N–H and O–H groups in total. The molecule has 0 amide bonds. The Morgan fingerprint density at radius 3 is 2.36 bits per heavy atom. The molecule has 0 bridgehead atoms. The van der Waals surface area contributed by atoms with Gasteiger partial charge in [0.1, 0.15) is 18.1 Å². The number of ether oxygens (including phenoxy) is 2. The van der Waals surface area contributed by atoms with Crippen molar-refractivity contribution in [3.8, 4) is 11.5 Å². The number of aliphatic imine (C=N–C) groups is 1. The third-order valence-electron chi connectivity index (χ3n) is 2.79. The molecular formula is C16H26IN3O2. The molecule has 0 heterocycles. The van der Waals surface area contributed by atoms with Gasteiger partial charge >= 0.3 is 0 Å². The van der Waals surface area contributed by atoms with E-state index in [4.69, 9.17) is 9.47 Å². The normalized spacial score (nSPS) is 11.0. The predicted molar refractivity (Wildman–Crippen MR) is 103 cm³/mol. The van der Waals surface area contributed by atoms with Gasteiger partial charge in [0.05, 0.1) is 13.7 Å². The molecule has 0 saturated carbocycles. The Kier molecular flexibility index (Phi) is 12.4. The fourth-order valence-corrected chi connectivity index (χ4v) is 1.67. The summed E-state index contributed by atoms with van der Waals surface area (Å²) in [6, 6.07) is 7.54. The molecule has 0 fully saturated rings. The zero-order valence-corrected chi connectivity index (χ0v) is 15.8. The fourth-order valence-electron chi connectivity index (χ4n) is 1.67. The van der Waals surface area contributed by atoms with Gasteiger partial charge in [-0.05, 0) is 37.6 Å². The lowest BCUT2D eigenvalue weighted by atomic mass is 10.3. The lowest BCUT2D eigenvalue weighted by Gasteiger charge is -2.12. The van der Waals surface area contributed by atoms with E-state index in [9.17, 15) is 0 Å². The lowest BCUT2D eigenvalue weighted by Crippen LogP contribution is -2.39. The van der Waals surface area contributed by atoms with E-state index in [1.54, 1.807) is 14.2 Å². The van der Waals surface area contributed by atoms with Gasteiger partial charge in [-0.3, -0.25) is 4.99 Å². The average Bonchev–Trinajstić information content (AvgIpc) is 2.54. The molecule has 0 aliphatic rings. The molecule has 0 aromatic heterocycles. The van der Waals surface area contributed by atoms with E-state index in [1.807, 2.05) is 37.3 Å². The van der Waals surface area contributed by atoms with Crippen molar-refractivity contribution in [3.05, 3.63) is 36.4 Å². The summed E-state index contributed by atoms with van der Waals surface area (Å²) >= 11 is 0. The number of rotatable bonds is 8. The summed E-state index contributed by atoms with van der Waals surface area (Å²) in [4.78, 5) is 4.15. The summed E-state index contributed by atoms with van der Waals surface area (Å²) in [5, 5.41) is 6.44. The van der Waals surface area contributed by atoms with Gasteiger partial charge in [-0.25, -0.2) is 0 Å². The molecule has 6 heteroatoms. The van der Waals surface area contributed by atoms with Crippen molar-refractivity contribution in [1.29, 1.82) is 0 Å². The van der Waals surface area contributed by atoms with Crippen molar-refractivity contribution < 1.29 is 9.47 Å². The number of nitrogens with one attached hydrogen (secondary N) is 2. The second-order valence-corrected chi connectivity index (χ2v) is 4.31. The van der Waals surface area contributed by atoms with E-state index in [0.29, 0.717) is 13.2 Å². The van der Waals surface area contributed by atoms with Gasteiger partial charge in [-0.2, -0.15) is 0 Å². The Balaban J connectivity index is 0.00000441. The number of hydrogen-bond acceptors (Lipinski definition) is 3. The van der Waals surface area contributed by atoms with Crippen LogP contribution in [0.5, 0.6) is 11.5 Å². The largest absolute Gasteiger partial charge is 0.497 e. The van der Waals surface area contributed by atoms with Crippen molar-refractivity contribution in [2.75, 3.05) is 33.9 Å². The van der Waals surface area contributed by atoms with E-state index >= 15 is 0 Å². The number of methoxy groups -OCH3 is 1. The summed E-state index contributed by atoms with van der Waals surface area (Å²) in [7, 11) is 3.41. The van der Waals surface area contributed by atoms with Crippen LogP contribution in [0.4, 0.5) is 0 Å². The Labute approximate surface area is 150 Å². The number of allylic oxidation sites excluding steroid dienone is 1. The quantitative estimate of drug-likeness (QED) is 0.224. The maximum Gasteiger partial charge on any atom is 0.191 e. The summed E-state index contributed by atoms with van der Waals surface area (Å²) in [5.74, 6) is 2.44. The summed E-state index contributed by atoms with van der Waals surface area (Å²) in [5.41, 5.74) is 0. The fraction of sp³-hybridized carbons (Fsp3) is 0.438. The molecule has 0 aliphatic heterocycles. The maximum absolute atomic E-state index is 5.63. The SMILES string of the molecule is CC=CCCNC(=NC)NCCOc1ccc(OC)cc1.I. The smallest absolute Gasteiger partial charge is 0.191 e. The van der Waals surface area contributed by atoms with Gasteiger partial charge < -0.3 is 20.1 Å². The Hall–Kier alpha value is -1.44. The summed E-state index contributed by atoms with van der Waals surface area (Å²) in [6.07, 6.45) is 5.15. The van der Waals surface area contributed by atoms with Crippen LogP contribution >= 0.6 is 24.0 Å². The van der Waals surface area contributed by atoms with Crippen LogP contribution in [0, 0.1) is 0 Å². The highest BCUT2D eigenvalue weighted by atomic mass is 127. The second-order valence-electron chi connectivity index (χ2n) is 4.31. The zero-order chi connectivity index (χ0) is 15.3. The van der Waals surface area contributed by atoms with Crippen molar-refractivity contribution in [1.82, 2.24) is 10.6 Å². The monoisotopic (exact) mass is 419 g/mol. The topological polar surface area (TPSA) is 54.9 Å². The molecule has 1 aromatic rings. The first-order chi connectivity index (χ1) is 10.3. The van der Waals surface area contributed by atoms with Crippen molar-refractivity contribution in [3.63, 3.8) is 0 Å². The van der Waals surface area contributed by atoms with E-state index in [-0.39, 0.29) is 24.0 Å². The minimum absolute atomic E-state index is 0. The summed E-state index contributed by atoms with van der Waals surface area (Å²) in [6.45, 7) is 4.14. The number of guanidine groups is 1. The Bertz CT molecular complexity index is 447. The minimum atomic E-state index is 0. The van der Waals surface area contributed by atoms with Gasteiger partial charge in [0.2, 0.25) is 0 Å². The molecule has 0 aliphatic carbocycles. The van der Waals surface area contributed by atoms with Crippen LogP contribution in [0.1, 0.15) is 13.3 Å². The first-order valence-corrected chi connectivity index (χ1v) is 7.12. The average molecular weight is 419 g/mol. The molecule has 22 heavy (non-hydrogen) atoms. The van der Waals surface area contributed by atoms with Crippen LogP contribution in [-0.4, -0.2) is 39.8 Å². The molecule has 1 rings (SSSR count). The van der Waals surface area contributed by atoms with Crippen LogP contribution in [0.2, 0.25) is 0 Å². The molecule has 124 valence electrons. The van der Waals surface area contributed by atoms with Crippen molar-refractivity contribution >= 4 is 29.9 Å². The molecule has 0 spiro atoms. The van der Waals surface area contributed by atoms with Gasteiger partial charge in [0.25, 0.3) is 0 Å². The lowest BCUT2D eigenvalue weighted by molar-refractivity contribution is 0.321. The highest BCUT2D eigenvalue weighted by Crippen LogP contribution is 2.16. The third kappa shape index (κ3) is 8.76. The minimum Gasteiger partial charge on any atom is -0.497 e. The number of halogens is 1. The van der Waals surface area contributed by atoms with Gasteiger partial charge in [0, 0.05) is 13.6 Å². The van der Waals surface area contributed by atoms with Gasteiger partial charge in [-0.15, -0.1) is 24.0 Å². The number of benzene rings is 1.